The maximum Gasteiger partial charge on any atom is 0.255 e. The average Bonchev–Trinajstić information content (AvgIpc) is 3.29. The van der Waals surface area contributed by atoms with Crippen molar-refractivity contribution in [3.8, 4) is 23.2 Å². The summed E-state index contributed by atoms with van der Waals surface area (Å²) in [5.41, 5.74) is 2.02. The summed E-state index contributed by atoms with van der Waals surface area (Å²) in [6.45, 7) is 6.18. The van der Waals surface area contributed by atoms with Gasteiger partial charge in [-0.25, -0.2) is 8.91 Å². The first-order chi connectivity index (χ1) is 18.0. The van der Waals surface area contributed by atoms with Crippen LogP contribution in [0.15, 0.2) is 60.9 Å². The topological polar surface area (TPSA) is 125 Å². The lowest BCUT2D eigenvalue weighted by atomic mass is 10.0. The van der Waals surface area contributed by atoms with E-state index in [-0.39, 0.29) is 18.2 Å². The van der Waals surface area contributed by atoms with Crippen LogP contribution in [0, 0.1) is 11.3 Å². The molecule has 3 heterocycles. The average molecular weight is 517 g/mol. The van der Waals surface area contributed by atoms with Crippen LogP contribution < -0.4 is 15.4 Å². The maximum absolute atomic E-state index is 14.3. The second-order valence-corrected chi connectivity index (χ2v) is 9.68. The Morgan fingerprint density at radius 3 is 2.71 bits per heavy atom. The molecule has 10 heteroatoms. The van der Waals surface area contributed by atoms with Crippen LogP contribution in [0.1, 0.15) is 43.6 Å². The van der Waals surface area contributed by atoms with Gasteiger partial charge < -0.3 is 20.5 Å². The highest BCUT2D eigenvalue weighted by Gasteiger charge is 2.27. The van der Waals surface area contributed by atoms with Gasteiger partial charge in [-0.1, -0.05) is 6.07 Å². The van der Waals surface area contributed by atoms with Gasteiger partial charge in [0.2, 0.25) is 0 Å². The smallest absolute Gasteiger partial charge is 0.255 e. The van der Waals surface area contributed by atoms with Crippen molar-refractivity contribution in [1.82, 2.24) is 19.9 Å². The molecule has 1 aromatic carbocycles. The van der Waals surface area contributed by atoms with E-state index in [1.807, 2.05) is 50.2 Å². The van der Waals surface area contributed by atoms with Crippen molar-refractivity contribution >= 4 is 22.8 Å². The number of anilines is 2. The fourth-order valence-corrected chi connectivity index (χ4v) is 3.74. The Morgan fingerprint density at radius 2 is 2.00 bits per heavy atom. The minimum Gasteiger partial charge on any atom is -0.491 e. The SMILES string of the molecule is CC(C)Oc1cccc(Nc2cc(-c3ccc4cc(C#N)cnn34)ncc2C(=O)NCC(F)C(C)(C)O)c1. The lowest BCUT2D eigenvalue weighted by Gasteiger charge is -2.22. The van der Waals surface area contributed by atoms with Gasteiger partial charge in [0.1, 0.15) is 18.0 Å². The van der Waals surface area contributed by atoms with Crippen LogP contribution in [-0.2, 0) is 0 Å². The van der Waals surface area contributed by atoms with Gasteiger partial charge in [-0.15, -0.1) is 0 Å². The van der Waals surface area contributed by atoms with Gasteiger partial charge in [0.15, 0.2) is 0 Å². The molecule has 0 spiro atoms. The van der Waals surface area contributed by atoms with E-state index in [1.54, 1.807) is 16.6 Å². The number of pyridine rings is 1. The van der Waals surface area contributed by atoms with E-state index < -0.39 is 17.7 Å². The zero-order valence-electron chi connectivity index (χ0n) is 21.6. The molecule has 3 aromatic heterocycles. The summed E-state index contributed by atoms with van der Waals surface area (Å²) in [6, 6.07) is 16.4. The summed E-state index contributed by atoms with van der Waals surface area (Å²) in [5.74, 6) is 0.107. The summed E-state index contributed by atoms with van der Waals surface area (Å²) < 4.78 is 21.7. The van der Waals surface area contributed by atoms with Gasteiger partial charge in [-0.2, -0.15) is 10.4 Å². The first-order valence-corrected chi connectivity index (χ1v) is 12.1. The largest absolute Gasteiger partial charge is 0.491 e. The predicted molar refractivity (Wildman–Crippen MR) is 142 cm³/mol. The molecule has 0 aliphatic carbocycles. The second-order valence-electron chi connectivity index (χ2n) is 9.68. The third kappa shape index (κ3) is 6.07. The number of rotatable bonds is 9. The Balaban J connectivity index is 1.71. The number of nitriles is 1. The number of nitrogens with zero attached hydrogens (tertiary/aromatic N) is 4. The Morgan fingerprint density at radius 1 is 1.21 bits per heavy atom. The van der Waals surface area contributed by atoms with Crippen molar-refractivity contribution in [3.05, 3.63) is 72.1 Å². The summed E-state index contributed by atoms with van der Waals surface area (Å²) in [7, 11) is 0. The van der Waals surface area contributed by atoms with Gasteiger partial charge in [0.25, 0.3) is 5.91 Å². The number of aromatic nitrogens is 3. The lowest BCUT2D eigenvalue weighted by molar-refractivity contribution is -0.00177. The molecule has 4 aromatic rings. The number of carbonyl (C=O) groups excluding carboxylic acids is 1. The molecule has 196 valence electrons. The van der Waals surface area contributed by atoms with Crippen molar-refractivity contribution in [2.24, 2.45) is 0 Å². The highest BCUT2D eigenvalue weighted by atomic mass is 19.1. The molecular formula is C28H29FN6O3. The molecule has 9 nitrogen and oxygen atoms in total. The van der Waals surface area contributed by atoms with E-state index >= 15 is 0 Å². The van der Waals surface area contributed by atoms with Crippen LogP contribution in [0.4, 0.5) is 15.8 Å². The number of ether oxygens (including phenoxy) is 1. The number of alkyl halides is 1. The molecule has 0 aliphatic rings. The second kappa shape index (κ2) is 10.9. The highest BCUT2D eigenvalue weighted by Crippen LogP contribution is 2.29. The molecule has 0 aliphatic heterocycles. The Hall–Kier alpha value is -4.49. The number of benzene rings is 1. The number of halogens is 1. The van der Waals surface area contributed by atoms with E-state index in [9.17, 15) is 14.3 Å². The Kier molecular flexibility index (Phi) is 7.60. The standard InChI is InChI=1S/C28H29FN6O3/c1-17(2)38-21-7-5-6-19(11-21)34-23-12-24(25-9-8-20-10-18(13-30)14-33-35(20)25)31-15-22(23)27(36)32-16-26(29)28(3,4)37/h5-12,14-15,17,26,37H,16H2,1-4H3,(H,31,34)(H,32,36). The zero-order chi connectivity index (χ0) is 27.4. The number of carbonyl (C=O) groups is 1. The van der Waals surface area contributed by atoms with Crippen LogP contribution >= 0.6 is 0 Å². The van der Waals surface area contributed by atoms with Crippen LogP contribution in [0.3, 0.4) is 0 Å². The van der Waals surface area contributed by atoms with Gasteiger partial charge in [-0.3, -0.25) is 9.78 Å². The van der Waals surface area contributed by atoms with Gasteiger partial charge >= 0.3 is 0 Å². The van der Waals surface area contributed by atoms with Crippen LogP contribution in [0.5, 0.6) is 5.75 Å². The monoisotopic (exact) mass is 516 g/mol. The molecule has 1 amide bonds. The number of fused-ring (bicyclic) bond motifs is 1. The summed E-state index contributed by atoms with van der Waals surface area (Å²) in [5, 5.41) is 29.2. The molecule has 0 bridgehead atoms. The molecule has 1 atom stereocenters. The molecule has 1 unspecified atom stereocenters. The number of aliphatic hydroxyl groups is 1. The van der Waals surface area contributed by atoms with E-state index in [0.29, 0.717) is 34.1 Å². The van der Waals surface area contributed by atoms with Crippen molar-refractivity contribution in [1.29, 1.82) is 5.26 Å². The summed E-state index contributed by atoms with van der Waals surface area (Å²) in [6.07, 6.45) is 1.20. The number of hydrogen-bond acceptors (Lipinski definition) is 7. The van der Waals surface area contributed by atoms with E-state index in [2.05, 4.69) is 26.8 Å². The molecule has 0 saturated carbocycles. The third-order valence-electron chi connectivity index (χ3n) is 5.73. The van der Waals surface area contributed by atoms with Crippen molar-refractivity contribution in [2.45, 2.75) is 45.6 Å². The lowest BCUT2D eigenvalue weighted by Crippen LogP contribution is -2.42. The van der Waals surface area contributed by atoms with E-state index in [1.165, 1.54) is 26.2 Å². The van der Waals surface area contributed by atoms with E-state index in [0.717, 1.165) is 5.52 Å². The molecule has 38 heavy (non-hydrogen) atoms. The molecule has 0 radical (unpaired) electrons. The molecule has 3 N–H and O–H groups in total. The fraction of sp³-hybridized carbons (Fsp3) is 0.286. The quantitative estimate of drug-likeness (QED) is 0.296. The number of amides is 1. The van der Waals surface area contributed by atoms with Crippen molar-refractivity contribution in [2.75, 3.05) is 11.9 Å². The molecule has 4 rings (SSSR count). The Labute approximate surface area is 219 Å². The third-order valence-corrected chi connectivity index (χ3v) is 5.73. The minimum absolute atomic E-state index is 0.0137. The first kappa shape index (κ1) is 26.6. The molecule has 0 fully saturated rings. The minimum atomic E-state index is -1.66. The van der Waals surface area contributed by atoms with E-state index in [4.69, 9.17) is 10.00 Å². The van der Waals surface area contributed by atoms with Crippen LogP contribution in [0.2, 0.25) is 0 Å². The predicted octanol–water partition coefficient (Wildman–Crippen LogP) is 4.64. The summed E-state index contributed by atoms with van der Waals surface area (Å²) in [4.78, 5) is 17.5. The molecular weight excluding hydrogens is 487 g/mol. The van der Waals surface area contributed by atoms with Crippen molar-refractivity contribution in [3.63, 3.8) is 0 Å². The van der Waals surface area contributed by atoms with Gasteiger partial charge in [0, 0.05) is 18.0 Å². The van der Waals surface area contributed by atoms with Crippen LogP contribution in [-0.4, -0.2) is 50.0 Å². The van der Waals surface area contributed by atoms with Crippen LogP contribution in [0.25, 0.3) is 16.9 Å². The number of hydrogen-bond donors (Lipinski definition) is 3. The fourth-order valence-electron chi connectivity index (χ4n) is 3.74. The normalized spacial score (nSPS) is 12.3. The number of nitrogens with one attached hydrogen (secondary N) is 2. The first-order valence-electron chi connectivity index (χ1n) is 12.1. The van der Waals surface area contributed by atoms with Gasteiger partial charge in [-0.05, 0) is 64.1 Å². The highest BCUT2D eigenvalue weighted by molar-refractivity contribution is 6.00. The maximum atomic E-state index is 14.3. The zero-order valence-corrected chi connectivity index (χ0v) is 21.6. The van der Waals surface area contributed by atoms with Crippen molar-refractivity contribution < 1.29 is 19.0 Å². The summed E-state index contributed by atoms with van der Waals surface area (Å²) >= 11 is 0. The van der Waals surface area contributed by atoms with Gasteiger partial charge in [0.05, 0.1) is 58.2 Å². The Bertz CT molecular complexity index is 1500. The molecule has 0 saturated heterocycles.